The largest absolute Gasteiger partial charge is 0.504 e. The Hall–Kier alpha value is -1.91. The molecule has 1 aromatic rings. The van der Waals surface area contributed by atoms with Crippen molar-refractivity contribution in [3.8, 4) is 11.5 Å². The van der Waals surface area contributed by atoms with Gasteiger partial charge in [0.15, 0.2) is 11.5 Å². The highest BCUT2D eigenvalue weighted by atomic mass is 16.7. The van der Waals surface area contributed by atoms with E-state index in [0.29, 0.717) is 0 Å². The summed E-state index contributed by atoms with van der Waals surface area (Å²) in [6, 6.07) is 3.25. The number of hydrogen-bond acceptors (Lipinski definition) is 8. The first-order valence-electron chi connectivity index (χ1n) is 6.38. The van der Waals surface area contributed by atoms with Gasteiger partial charge in [-0.15, -0.1) is 0 Å². The highest BCUT2D eigenvalue weighted by Gasteiger charge is 2.44. The number of carbonyl (C=O) groups is 1. The van der Waals surface area contributed by atoms with Crippen LogP contribution < -0.4 is 4.74 Å². The monoisotopic (exact) mass is 316 g/mol. The molecule has 1 aromatic carbocycles. The fraction of sp³-hybridized carbons (Fsp3) is 0.462. The predicted octanol–water partition coefficient (Wildman–Crippen LogP) is -1.73. The van der Waals surface area contributed by atoms with Gasteiger partial charge in [-0.2, -0.15) is 0 Å². The van der Waals surface area contributed by atoms with Crippen molar-refractivity contribution < 1.29 is 44.9 Å². The SMILES string of the molecule is O=C(O)c1ccc(O)c(O[C@H]2O[C@H](CO)[C@@H](O)[C@H](O)[C@H]2O)c1. The number of benzene rings is 1. The van der Waals surface area contributed by atoms with Gasteiger partial charge in [-0.3, -0.25) is 0 Å². The molecule has 0 amide bonds. The van der Waals surface area contributed by atoms with E-state index < -0.39 is 49.0 Å². The summed E-state index contributed by atoms with van der Waals surface area (Å²) in [5.74, 6) is -1.94. The Balaban J connectivity index is 2.22. The second kappa shape index (κ2) is 6.46. The zero-order valence-corrected chi connectivity index (χ0v) is 11.2. The average molecular weight is 316 g/mol. The summed E-state index contributed by atoms with van der Waals surface area (Å²) < 4.78 is 10.3. The van der Waals surface area contributed by atoms with E-state index >= 15 is 0 Å². The number of phenols is 1. The first kappa shape index (κ1) is 16.5. The summed E-state index contributed by atoms with van der Waals surface area (Å²) in [6.07, 6.45) is -7.52. The molecule has 0 saturated carbocycles. The molecule has 0 aliphatic carbocycles. The molecule has 1 aliphatic heterocycles. The number of ether oxygens (including phenoxy) is 2. The number of hydrogen-bond donors (Lipinski definition) is 6. The van der Waals surface area contributed by atoms with Crippen LogP contribution >= 0.6 is 0 Å². The number of aromatic hydroxyl groups is 1. The van der Waals surface area contributed by atoms with Crippen LogP contribution in [0.3, 0.4) is 0 Å². The van der Waals surface area contributed by atoms with Crippen molar-refractivity contribution in [2.45, 2.75) is 30.7 Å². The maximum Gasteiger partial charge on any atom is 0.335 e. The van der Waals surface area contributed by atoms with E-state index in [9.17, 15) is 25.2 Å². The Morgan fingerprint density at radius 2 is 1.86 bits per heavy atom. The van der Waals surface area contributed by atoms with Crippen molar-refractivity contribution in [2.24, 2.45) is 0 Å². The number of carboxylic acid groups (broad SMARTS) is 1. The summed E-state index contributed by atoms with van der Waals surface area (Å²) in [5.41, 5.74) is -0.169. The molecule has 0 bridgehead atoms. The van der Waals surface area contributed by atoms with Gasteiger partial charge in [-0.1, -0.05) is 0 Å². The van der Waals surface area contributed by atoms with Crippen molar-refractivity contribution in [2.75, 3.05) is 6.61 Å². The molecule has 1 aliphatic rings. The van der Waals surface area contributed by atoms with Crippen LogP contribution in [0.4, 0.5) is 0 Å². The fourth-order valence-corrected chi connectivity index (χ4v) is 2.03. The highest BCUT2D eigenvalue weighted by Crippen LogP contribution is 2.31. The van der Waals surface area contributed by atoms with E-state index in [2.05, 4.69) is 0 Å². The smallest absolute Gasteiger partial charge is 0.335 e. The van der Waals surface area contributed by atoms with Gasteiger partial charge in [0.05, 0.1) is 12.2 Å². The lowest BCUT2D eigenvalue weighted by Gasteiger charge is -2.39. The summed E-state index contributed by atoms with van der Waals surface area (Å²) in [4.78, 5) is 10.9. The number of carboxylic acids is 1. The van der Waals surface area contributed by atoms with Crippen LogP contribution in [-0.2, 0) is 4.74 Å². The fourth-order valence-electron chi connectivity index (χ4n) is 2.03. The van der Waals surface area contributed by atoms with E-state index in [4.69, 9.17) is 19.7 Å². The maximum absolute atomic E-state index is 10.9. The molecule has 0 aromatic heterocycles. The Morgan fingerprint density at radius 3 is 2.45 bits per heavy atom. The molecule has 22 heavy (non-hydrogen) atoms. The number of rotatable bonds is 4. The van der Waals surface area contributed by atoms with Crippen LogP contribution in [0.2, 0.25) is 0 Å². The Bertz CT molecular complexity index is 544. The third kappa shape index (κ3) is 3.13. The normalized spacial score (nSPS) is 31.7. The third-order valence-electron chi connectivity index (χ3n) is 3.30. The molecule has 0 radical (unpaired) electrons. The van der Waals surface area contributed by atoms with Gasteiger partial charge in [-0.05, 0) is 18.2 Å². The van der Waals surface area contributed by atoms with Crippen LogP contribution in [0.15, 0.2) is 18.2 Å². The summed E-state index contributed by atoms with van der Waals surface area (Å²) in [7, 11) is 0. The average Bonchev–Trinajstić information content (AvgIpc) is 2.49. The van der Waals surface area contributed by atoms with Gasteiger partial charge >= 0.3 is 5.97 Å². The maximum atomic E-state index is 10.9. The molecular formula is C13H16O9. The second-order valence-corrected chi connectivity index (χ2v) is 4.80. The first-order valence-corrected chi connectivity index (χ1v) is 6.38. The minimum Gasteiger partial charge on any atom is -0.504 e. The molecule has 9 heteroatoms. The quantitative estimate of drug-likeness (QED) is 0.380. The van der Waals surface area contributed by atoms with Crippen LogP contribution in [0, 0.1) is 0 Å². The van der Waals surface area contributed by atoms with Crippen LogP contribution in [0.25, 0.3) is 0 Å². The minimum absolute atomic E-state index is 0.169. The van der Waals surface area contributed by atoms with Crippen LogP contribution in [-0.4, -0.2) is 73.9 Å². The first-order chi connectivity index (χ1) is 10.3. The van der Waals surface area contributed by atoms with Crippen molar-refractivity contribution in [1.82, 2.24) is 0 Å². The topological polar surface area (TPSA) is 157 Å². The molecular weight excluding hydrogens is 300 g/mol. The van der Waals surface area contributed by atoms with Gasteiger partial charge < -0.3 is 40.1 Å². The number of aliphatic hydroxyl groups is 4. The number of aliphatic hydroxyl groups excluding tert-OH is 4. The highest BCUT2D eigenvalue weighted by molar-refractivity contribution is 5.88. The van der Waals surface area contributed by atoms with Gasteiger partial charge in [0.1, 0.15) is 24.4 Å². The zero-order valence-electron chi connectivity index (χ0n) is 11.2. The molecule has 5 atom stereocenters. The van der Waals surface area contributed by atoms with Crippen LogP contribution in [0.5, 0.6) is 11.5 Å². The number of phenolic OH excluding ortho intramolecular Hbond substituents is 1. The van der Waals surface area contributed by atoms with E-state index in [0.717, 1.165) is 18.2 Å². The molecule has 2 rings (SSSR count). The molecule has 0 unspecified atom stereocenters. The number of aromatic carboxylic acids is 1. The Morgan fingerprint density at radius 1 is 1.18 bits per heavy atom. The van der Waals surface area contributed by atoms with Crippen LogP contribution in [0.1, 0.15) is 10.4 Å². The summed E-state index contributed by atoms with van der Waals surface area (Å²) in [5, 5.41) is 56.7. The Kier molecular flexibility index (Phi) is 4.84. The van der Waals surface area contributed by atoms with Crippen molar-refractivity contribution in [3.63, 3.8) is 0 Å². The predicted molar refractivity (Wildman–Crippen MR) is 69.5 cm³/mol. The lowest BCUT2D eigenvalue weighted by Crippen LogP contribution is -2.60. The van der Waals surface area contributed by atoms with E-state index in [1.807, 2.05) is 0 Å². The van der Waals surface area contributed by atoms with Gasteiger partial charge in [0.2, 0.25) is 6.29 Å². The molecule has 9 nitrogen and oxygen atoms in total. The van der Waals surface area contributed by atoms with Gasteiger partial charge in [0.25, 0.3) is 0 Å². The lowest BCUT2D eigenvalue weighted by molar-refractivity contribution is -0.277. The molecule has 6 N–H and O–H groups in total. The molecule has 1 heterocycles. The molecule has 0 spiro atoms. The zero-order chi connectivity index (χ0) is 16.4. The standard InChI is InChI=1S/C13H16O9/c14-4-8-9(16)10(17)11(18)13(22-8)21-7-3-5(12(19)20)1-2-6(7)15/h1-3,8-11,13-18H,4H2,(H,19,20)/t8-,9-,10+,11-,13+/m1/s1. The van der Waals surface area contributed by atoms with E-state index in [1.54, 1.807) is 0 Å². The molecule has 1 fully saturated rings. The third-order valence-corrected chi connectivity index (χ3v) is 3.30. The van der Waals surface area contributed by atoms with Gasteiger partial charge in [-0.25, -0.2) is 4.79 Å². The minimum atomic E-state index is -1.66. The van der Waals surface area contributed by atoms with Gasteiger partial charge in [0, 0.05) is 0 Å². The molecule has 1 saturated heterocycles. The summed E-state index contributed by atoms with van der Waals surface area (Å²) in [6.45, 7) is -0.633. The van der Waals surface area contributed by atoms with Crippen molar-refractivity contribution >= 4 is 5.97 Å². The van der Waals surface area contributed by atoms with Crippen molar-refractivity contribution in [3.05, 3.63) is 23.8 Å². The molecule has 122 valence electrons. The van der Waals surface area contributed by atoms with E-state index in [1.165, 1.54) is 0 Å². The second-order valence-electron chi connectivity index (χ2n) is 4.80. The lowest BCUT2D eigenvalue weighted by atomic mass is 9.99. The van der Waals surface area contributed by atoms with Crippen molar-refractivity contribution in [1.29, 1.82) is 0 Å². The summed E-state index contributed by atoms with van der Waals surface area (Å²) >= 11 is 0. The Labute approximate surface area is 124 Å². The van der Waals surface area contributed by atoms with E-state index in [-0.39, 0.29) is 11.3 Å².